The summed E-state index contributed by atoms with van der Waals surface area (Å²) in [5, 5.41) is 0. The molecule has 1 fully saturated rings. The second-order valence-corrected chi connectivity index (χ2v) is 5.95. The summed E-state index contributed by atoms with van der Waals surface area (Å²) in [5.41, 5.74) is 0. The highest BCUT2D eigenvalue weighted by molar-refractivity contribution is 4.67. The monoisotopic (exact) mass is 184 g/mol. The molecule has 13 heavy (non-hydrogen) atoms. The molecule has 0 unspecified atom stereocenters. The molecule has 1 saturated carbocycles. The maximum absolute atomic E-state index is 2.41. The van der Waals surface area contributed by atoms with E-state index in [1.54, 1.807) is 0 Å². The maximum atomic E-state index is 2.41. The molecule has 0 spiro atoms. The summed E-state index contributed by atoms with van der Waals surface area (Å²) >= 11 is 0. The molecule has 78 valence electrons. The Morgan fingerprint density at radius 2 is 1.69 bits per heavy atom. The van der Waals surface area contributed by atoms with Crippen LogP contribution in [0.5, 0.6) is 0 Å². The minimum atomic E-state index is 0.984. The first-order valence-electron chi connectivity index (χ1n) is 5.78. The fraction of sp³-hybridized carbons (Fsp3) is 1.00. The molecule has 0 aliphatic heterocycles. The number of quaternary nitrogens is 1. The molecular weight excluding hydrogens is 158 g/mol. The fourth-order valence-corrected chi connectivity index (χ4v) is 2.52. The van der Waals surface area contributed by atoms with Crippen molar-refractivity contribution in [2.45, 2.75) is 39.0 Å². The van der Waals surface area contributed by atoms with Crippen molar-refractivity contribution < 1.29 is 4.48 Å². The minimum absolute atomic E-state index is 0.984. The van der Waals surface area contributed by atoms with E-state index in [-0.39, 0.29) is 0 Å². The van der Waals surface area contributed by atoms with E-state index >= 15 is 0 Å². The van der Waals surface area contributed by atoms with Gasteiger partial charge >= 0.3 is 0 Å². The van der Waals surface area contributed by atoms with Crippen LogP contribution in [-0.2, 0) is 0 Å². The van der Waals surface area contributed by atoms with Gasteiger partial charge in [0.1, 0.15) is 0 Å². The topological polar surface area (TPSA) is 0 Å². The number of hydrogen-bond acceptors (Lipinski definition) is 0. The summed E-state index contributed by atoms with van der Waals surface area (Å²) in [4.78, 5) is 0. The van der Waals surface area contributed by atoms with E-state index in [0.29, 0.717) is 0 Å². The van der Waals surface area contributed by atoms with E-state index in [9.17, 15) is 0 Å². The molecular formula is C12H26N+. The van der Waals surface area contributed by atoms with Crippen molar-refractivity contribution in [1.29, 1.82) is 0 Å². The van der Waals surface area contributed by atoms with Crippen molar-refractivity contribution in [3.05, 3.63) is 0 Å². The molecule has 1 aliphatic carbocycles. The highest BCUT2D eigenvalue weighted by atomic mass is 15.3. The van der Waals surface area contributed by atoms with Gasteiger partial charge in [0.05, 0.1) is 27.7 Å². The largest absolute Gasteiger partial charge is 0.331 e. The van der Waals surface area contributed by atoms with Crippen LogP contribution in [0.15, 0.2) is 0 Å². The van der Waals surface area contributed by atoms with Gasteiger partial charge in [0, 0.05) is 5.92 Å². The molecule has 1 rings (SSSR count). The molecule has 0 amide bonds. The molecule has 1 aliphatic rings. The Bertz CT molecular complexity index is 146. The lowest BCUT2D eigenvalue weighted by Crippen LogP contribution is -2.39. The molecule has 2 atom stereocenters. The Morgan fingerprint density at radius 3 is 2.31 bits per heavy atom. The first-order chi connectivity index (χ1) is 5.97. The van der Waals surface area contributed by atoms with E-state index in [1.807, 2.05) is 0 Å². The van der Waals surface area contributed by atoms with Crippen molar-refractivity contribution in [2.24, 2.45) is 11.8 Å². The number of hydrogen-bond donors (Lipinski definition) is 0. The van der Waals surface area contributed by atoms with E-state index in [4.69, 9.17) is 0 Å². The highest BCUT2D eigenvalue weighted by Gasteiger charge is 2.21. The van der Waals surface area contributed by atoms with Crippen LogP contribution in [0, 0.1) is 11.8 Å². The third kappa shape index (κ3) is 4.66. The summed E-state index contributed by atoms with van der Waals surface area (Å²) in [7, 11) is 6.94. The van der Waals surface area contributed by atoms with E-state index in [0.717, 1.165) is 16.3 Å². The third-order valence-corrected chi connectivity index (χ3v) is 3.18. The van der Waals surface area contributed by atoms with Crippen LogP contribution in [0.2, 0.25) is 0 Å². The molecule has 0 heterocycles. The lowest BCUT2D eigenvalue weighted by Gasteiger charge is -2.28. The summed E-state index contributed by atoms with van der Waals surface area (Å²) in [5.74, 6) is 1.97. The number of nitrogens with zero attached hydrogens (tertiary/aromatic N) is 1. The molecule has 0 aromatic rings. The average molecular weight is 184 g/mol. The van der Waals surface area contributed by atoms with Crippen LogP contribution in [-0.4, -0.2) is 32.2 Å². The smallest absolute Gasteiger partial charge is 0.0809 e. The summed E-state index contributed by atoms with van der Waals surface area (Å²) in [6, 6.07) is 0. The van der Waals surface area contributed by atoms with Crippen LogP contribution in [0.4, 0.5) is 0 Å². The first-order valence-corrected chi connectivity index (χ1v) is 5.78. The van der Waals surface area contributed by atoms with E-state index < -0.39 is 0 Å². The second kappa shape index (κ2) is 4.45. The van der Waals surface area contributed by atoms with Gasteiger partial charge in [-0.2, -0.15) is 0 Å². The van der Waals surface area contributed by atoms with Gasteiger partial charge in [-0.1, -0.05) is 26.2 Å². The Kier molecular flexibility index (Phi) is 3.78. The van der Waals surface area contributed by atoms with Crippen molar-refractivity contribution in [3.63, 3.8) is 0 Å². The van der Waals surface area contributed by atoms with Crippen LogP contribution in [0.25, 0.3) is 0 Å². The highest BCUT2D eigenvalue weighted by Crippen LogP contribution is 2.27. The van der Waals surface area contributed by atoms with Gasteiger partial charge in [0.15, 0.2) is 0 Å². The zero-order valence-electron chi connectivity index (χ0n) is 9.84. The van der Waals surface area contributed by atoms with Crippen LogP contribution in [0.3, 0.4) is 0 Å². The molecule has 0 saturated heterocycles. The van der Waals surface area contributed by atoms with Gasteiger partial charge < -0.3 is 4.48 Å². The predicted molar refractivity (Wildman–Crippen MR) is 58.6 cm³/mol. The Balaban J connectivity index is 2.34. The third-order valence-electron chi connectivity index (χ3n) is 3.18. The van der Waals surface area contributed by atoms with Gasteiger partial charge in [0.25, 0.3) is 0 Å². The lowest BCUT2D eigenvalue weighted by atomic mass is 9.98. The van der Waals surface area contributed by atoms with Crippen molar-refractivity contribution in [1.82, 2.24) is 0 Å². The van der Waals surface area contributed by atoms with Crippen molar-refractivity contribution in [2.75, 3.05) is 27.7 Å². The molecule has 0 aromatic carbocycles. The van der Waals surface area contributed by atoms with Gasteiger partial charge in [-0.25, -0.2) is 0 Å². The van der Waals surface area contributed by atoms with E-state index in [2.05, 4.69) is 28.1 Å². The minimum Gasteiger partial charge on any atom is -0.331 e. The van der Waals surface area contributed by atoms with E-state index in [1.165, 1.54) is 38.6 Å². The SMILES string of the molecule is C[C@H]1CCC[C@@H](C[N+](C)(C)C)CC1. The van der Waals surface area contributed by atoms with Crippen molar-refractivity contribution >= 4 is 0 Å². The quantitative estimate of drug-likeness (QED) is 0.457. The maximum Gasteiger partial charge on any atom is 0.0809 e. The first kappa shape index (κ1) is 11.0. The standard InChI is InChI=1S/C12H26N/c1-11-6-5-7-12(9-8-11)10-13(2,3)4/h11-12H,5-10H2,1-4H3/q+1/t11-,12+/m0/s1. The Morgan fingerprint density at radius 1 is 1.00 bits per heavy atom. The fourth-order valence-electron chi connectivity index (χ4n) is 2.52. The lowest BCUT2D eigenvalue weighted by molar-refractivity contribution is -0.874. The van der Waals surface area contributed by atoms with Gasteiger partial charge in [-0.15, -0.1) is 0 Å². The van der Waals surface area contributed by atoms with Crippen molar-refractivity contribution in [3.8, 4) is 0 Å². The number of rotatable bonds is 2. The van der Waals surface area contributed by atoms with Gasteiger partial charge in [-0.3, -0.25) is 0 Å². The zero-order valence-corrected chi connectivity index (χ0v) is 9.84. The summed E-state index contributed by atoms with van der Waals surface area (Å²) in [6.07, 6.45) is 7.33. The molecule has 1 nitrogen and oxygen atoms in total. The zero-order chi connectivity index (χ0) is 9.90. The molecule has 0 aromatic heterocycles. The second-order valence-electron chi connectivity index (χ2n) is 5.95. The normalized spacial score (nSPS) is 31.4. The van der Waals surface area contributed by atoms with Gasteiger partial charge in [0.2, 0.25) is 0 Å². The Hall–Kier alpha value is -0.0400. The van der Waals surface area contributed by atoms with Crippen LogP contribution < -0.4 is 0 Å². The summed E-state index contributed by atoms with van der Waals surface area (Å²) < 4.78 is 1.14. The van der Waals surface area contributed by atoms with Gasteiger partial charge in [-0.05, 0) is 18.8 Å². The van der Waals surface area contributed by atoms with Crippen LogP contribution >= 0.6 is 0 Å². The van der Waals surface area contributed by atoms with Crippen LogP contribution in [0.1, 0.15) is 39.0 Å². The predicted octanol–water partition coefficient (Wildman–Crippen LogP) is 2.91. The molecule has 0 bridgehead atoms. The summed E-state index contributed by atoms with van der Waals surface area (Å²) in [6.45, 7) is 3.78. The molecule has 1 heteroatoms. The molecule has 0 radical (unpaired) electrons. The Labute approximate surface area is 83.7 Å². The molecule has 0 N–H and O–H groups in total. The average Bonchev–Trinajstić information content (AvgIpc) is 2.12.